The molecule has 0 spiro atoms. The maximum atomic E-state index is 6.01. The first-order chi connectivity index (χ1) is 8.70. The summed E-state index contributed by atoms with van der Waals surface area (Å²) in [6.45, 7) is 2.11. The van der Waals surface area contributed by atoms with E-state index in [1.807, 2.05) is 6.07 Å². The molecule has 1 nitrogen and oxygen atoms in total. The van der Waals surface area contributed by atoms with Crippen molar-refractivity contribution in [2.75, 3.05) is 0 Å². The predicted molar refractivity (Wildman–Crippen MR) is 81.9 cm³/mol. The van der Waals surface area contributed by atoms with Crippen molar-refractivity contribution in [2.24, 2.45) is 5.73 Å². The van der Waals surface area contributed by atoms with Gasteiger partial charge in [0.15, 0.2) is 0 Å². The minimum Gasteiger partial charge on any atom is -0.324 e. The summed E-state index contributed by atoms with van der Waals surface area (Å²) >= 11 is 5.32. The van der Waals surface area contributed by atoms with E-state index in [0.717, 1.165) is 10.9 Å². The Morgan fingerprint density at radius 2 is 1.78 bits per heavy atom. The summed E-state index contributed by atoms with van der Waals surface area (Å²) in [5, 5.41) is 0. The van der Waals surface area contributed by atoms with Gasteiger partial charge in [0.2, 0.25) is 0 Å². The molecule has 94 valence electrons. The third-order valence-electron chi connectivity index (χ3n) is 2.81. The van der Waals surface area contributed by atoms with E-state index in [9.17, 15) is 0 Å². The third kappa shape index (κ3) is 3.37. The summed E-state index contributed by atoms with van der Waals surface area (Å²) in [5.74, 6) is 0. The van der Waals surface area contributed by atoms with Crippen molar-refractivity contribution in [1.29, 1.82) is 0 Å². The minimum atomic E-state index is 0.146. The van der Waals surface area contributed by atoms with E-state index in [2.05, 4.69) is 65.3 Å². The molecule has 0 aliphatic heterocycles. The van der Waals surface area contributed by atoms with E-state index < -0.39 is 0 Å². The van der Waals surface area contributed by atoms with Crippen LogP contribution in [0.25, 0.3) is 0 Å². The van der Waals surface area contributed by atoms with Crippen LogP contribution in [0.2, 0.25) is 0 Å². The Bertz CT molecular complexity index is 510. The summed E-state index contributed by atoms with van der Waals surface area (Å²) in [7, 11) is 0. The normalized spacial score (nSPS) is 12.4. The van der Waals surface area contributed by atoms with Crippen molar-refractivity contribution in [2.45, 2.75) is 29.2 Å². The second-order valence-electron chi connectivity index (χ2n) is 4.12. The molecule has 2 N–H and O–H groups in total. The Balaban J connectivity index is 2.14. The molecule has 2 aromatic carbocycles. The molecule has 0 saturated heterocycles. The lowest BCUT2D eigenvalue weighted by Gasteiger charge is -2.10. The average molecular weight is 322 g/mol. The van der Waals surface area contributed by atoms with Gasteiger partial charge in [-0.05, 0) is 52.2 Å². The van der Waals surface area contributed by atoms with Crippen LogP contribution in [0.15, 0.2) is 62.8 Å². The van der Waals surface area contributed by atoms with Gasteiger partial charge < -0.3 is 5.73 Å². The molecule has 0 aliphatic rings. The highest BCUT2D eigenvalue weighted by atomic mass is 79.9. The lowest BCUT2D eigenvalue weighted by Crippen LogP contribution is -2.07. The lowest BCUT2D eigenvalue weighted by atomic mass is 10.1. The summed E-state index contributed by atoms with van der Waals surface area (Å²) < 4.78 is 1.13. The van der Waals surface area contributed by atoms with Crippen LogP contribution >= 0.6 is 27.7 Å². The van der Waals surface area contributed by atoms with E-state index in [1.54, 1.807) is 11.8 Å². The van der Waals surface area contributed by atoms with Gasteiger partial charge in [-0.1, -0.05) is 43.0 Å². The Morgan fingerprint density at radius 1 is 1.11 bits per heavy atom. The standard InChI is InChI=1S/C15H16BrNS/c1-2-14(17)11-7-9-12(10-8-11)18-15-6-4-3-5-13(15)16/h3-10,14H,2,17H2,1H3. The molecule has 0 heterocycles. The van der Waals surface area contributed by atoms with Crippen molar-refractivity contribution in [3.8, 4) is 0 Å². The molecular weight excluding hydrogens is 306 g/mol. The van der Waals surface area contributed by atoms with Crippen LogP contribution in [0, 0.1) is 0 Å². The maximum Gasteiger partial charge on any atom is 0.0314 e. The topological polar surface area (TPSA) is 26.0 Å². The van der Waals surface area contributed by atoms with Gasteiger partial charge in [0.05, 0.1) is 0 Å². The molecule has 1 atom stereocenters. The fourth-order valence-electron chi connectivity index (χ4n) is 1.67. The number of nitrogens with two attached hydrogens (primary N) is 1. The Hall–Kier alpha value is -0.770. The van der Waals surface area contributed by atoms with E-state index in [4.69, 9.17) is 5.73 Å². The van der Waals surface area contributed by atoms with Gasteiger partial charge in [-0.2, -0.15) is 0 Å². The molecule has 0 saturated carbocycles. The van der Waals surface area contributed by atoms with Crippen molar-refractivity contribution < 1.29 is 0 Å². The largest absolute Gasteiger partial charge is 0.324 e. The Morgan fingerprint density at radius 3 is 2.39 bits per heavy atom. The van der Waals surface area contributed by atoms with E-state index in [-0.39, 0.29) is 6.04 Å². The van der Waals surface area contributed by atoms with Gasteiger partial charge in [-0.25, -0.2) is 0 Å². The fraction of sp³-hybridized carbons (Fsp3) is 0.200. The van der Waals surface area contributed by atoms with Crippen molar-refractivity contribution in [3.63, 3.8) is 0 Å². The third-order valence-corrected chi connectivity index (χ3v) is 4.85. The van der Waals surface area contributed by atoms with E-state index >= 15 is 0 Å². The molecule has 0 amide bonds. The monoisotopic (exact) mass is 321 g/mol. The molecule has 1 unspecified atom stereocenters. The van der Waals surface area contributed by atoms with Crippen molar-refractivity contribution in [1.82, 2.24) is 0 Å². The first-order valence-corrected chi connectivity index (χ1v) is 7.59. The van der Waals surface area contributed by atoms with Crippen LogP contribution in [-0.2, 0) is 0 Å². The van der Waals surface area contributed by atoms with Crippen LogP contribution in [0.4, 0.5) is 0 Å². The molecule has 0 aliphatic carbocycles. The predicted octanol–water partition coefficient (Wildman–Crippen LogP) is 5.01. The number of rotatable bonds is 4. The first kappa shape index (κ1) is 13.7. The summed E-state index contributed by atoms with van der Waals surface area (Å²) in [6.07, 6.45) is 0.969. The molecule has 2 aromatic rings. The molecule has 0 fully saturated rings. The van der Waals surface area contributed by atoms with Gasteiger partial charge in [-0.3, -0.25) is 0 Å². The Kier molecular flexibility index (Phi) is 4.87. The number of hydrogen-bond acceptors (Lipinski definition) is 2. The zero-order chi connectivity index (χ0) is 13.0. The number of benzene rings is 2. The first-order valence-electron chi connectivity index (χ1n) is 5.98. The maximum absolute atomic E-state index is 6.01. The SMILES string of the molecule is CCC(N)c1ccc(Sc2ccccc2Br)cc1. The van der Waals surface area contributed by atoms with Crippen LogP contribution in [0.3, 0.4) is 0 Å². The summed E-state index contributed by atoms with van der Waals surface area (Å²) in [4.78, 5) is 2.46. The minimum absolute atomic E-state index is 0.146. The van der Waals surface area contributed by atoms with Crippen LogP contribution in [-0.4, -0.2) is 0 Å². The van der Waals surface area contributed by atoms with Gasteiger partial charge in [-0.15, -0.1) is 0 Å². The van der Waals surface area contributed by atoms with Gasteiger partial charge >= 0.3 is 0 Å². The molecule has 0 bridgehead atoms. The fourth-order valence-corrected chi connectivity index (χ4v) is 3.04. The van der Waals surface area contributed by atoms with Crippen molar-refractivity contribution in [3.05, 3.63) is 58.6 Å². The average Bonchev–Trinajstić information content (AvgIpc) is 2.41. The van der Waals surface area contributed by atoms with Crippen molar-refractivity contribution >= 4 is 27.7 Å². The van der Waals surface area contributed by atoms with Crippen LogP contribution in [0.1, 0.15) is 24.9 Å². The number of hydrogen-bond donors (Lipinski definition) is 1. The second-order valence-corrected chi connectivity index (χ2v) is 6.09. The highest BCUT2D eigenvalue weighted by Gasteiger charge is 2.04. The summed E-state index contributed by atoms with van der Waals surface area (Å²) in [5.41, 5.74) is 7.21. The van der Waals surface area contributed by atoms with Crippen LogP contribution in [0.5, 0.6) is 0 Å². The smallest absolute Gasteiger partial charge is 0.0314 e. The highest BCUT2D eigenvalue weighted by molar-refractivity contribution is 9.10. The Labute approximate surface area is 121 Å². The van der Waals surface area contributed by atoms with E-state index in [1.165, 1.54) is 15.4 Å². The van der Waals surface area contributed by atoms with Gasteiger partial charge in [0.25, 0.3) is 0 Å². The molecule has 2 rings (SSSR count). The highest BCUT2D eigenvalue weighted by Crippen LogP contribution is 2.33. The zero-order valence-corrected chi connectivity index (χ0v) is 12.7. The molecule has 18 heavy (non-hydrogen) atoms. The summed E-state index contributed by atoms with van der Waals surface area (Å²) in [6, 6.07) is 16.9. The molecule has 0 radical (unpaired) electrons. The quantitative estimate of drug-likeness (QED) is 0.856. The van der Waals surface area contributed by atoms with E-state index in [0.29, 0.717) is 0 Å². The zero-order valence-electron chi connectivity index (χ0n) is 10.3. The molecule has 0 aromatic heterocycles. The molecular formula is C15H16BrNS. The second kappa shape index (κ2) is 6.41. The molecule has 3 heteroatoms. The number of halogens is 1. The van der Waals surface area contributed by atoms with Crippen LogP contribution < -0.4 is 5.73 Å². The van der Waals surface area contributed by atoms with Gasteiger partial charge in [0, 0.05) is 20.3 Å². The van der Waals surface area contributed by atoms with Gasteiger partial charge in [0.1, 0.15) is 0 Å². The lowest BCUT2D eigenvalue weighted by molar-refractivity contribution is 0.698.